The van der Waals surface area contributed by atoms with Crippen molar-refractivity contribution in [3.05, 3.63) is 53.1 Å². The molecule has 7 heteroatoms. The summed E-state index contributed by atoms with van der Waals surface area (Å²) >= 11 is 5.76. The number of benzene rings is 2. The lowest BCUT2D eigenvalue weighted by atomic mass is 10.2. The summed E-state index contributed by atoms with van der Waals surface area (Å²) in [6.45, 7) is 2.09. The van der Waals surface area contributed by atoms with Gasteiger partial charge in [-0.1, -0.05) is 11.6 Å². The van der Waals surface area contributed by atoms with E-state index in [0.29, 0.717) is 28.7 Å². The number of rotatable bonds is 7. The van der Waals surface area contributed by atoms with Crippen LogP contribution < -0.4 is 14.9 Å². The zero-order chi connectivity index (χ0) is 17.4. The van der Waals surface area contributed by atoms with Crippen LogP contribution in [-0.2, 0) is 4.79 Å². The van der Waals surface area contributed by atoms with Gasteiger partial charge in [-0.05, 0) is 55.0 Å². The van der Waals surface area contributed by atoms with Gasteiger partial charge in [0.25, 0.3) is 5.91 Å². The zero-order valence-electron chi connectivity index (χ0n) is 13.0. The Morgan fingerprint density at radius 1 is 1.25 bits per heavy atom. The van der Waals surface area contributed by atoms with Gasteiger partial charge in [-0.2, -0.15) is 5.10 Å². The molecule has 6 nitrogen and oxygen atoms in total. The fourth-order valence-electron chi connectivity index (χ4n) is 1.77. The summed E-state index contributed by atoms with van der Waals surface area (Å²) in [4.78, 5) is 11.7. The van der Waals surface area contributed by atoms with Crippen LogP contribution in [0.15, 0.2) is 47.6 Å². The normalized spacial score (nSPS) is 10.6. The SMILES string of the molecule is CCOc1cc(C=NNC(=O)COc2ccc(Cl)cc2)ccc1O. The van der Waals surface area contributed by atoms with Gasteiger partial charge in [-0.3, -0.25) is 4.79 Å². The van der Waals surface area contributed by atoms with Gasteiger partial charge in [0.1, 0.15) is 5.75 Å². The summed E-state index contributed by atoms with van der Waals surface area (Å²) in [5.41, 5.74) is 3.03. The molecule has 0 aliphatic carbocycles. The summed E-state index contributed by atoms with van der Waals surface area (Å²) in [7, 11) is 0. The first-order valence-corrected chi connectivity index (χ1v) is 7.62. The van der Waals surface area contributed by atoms with Gasteiger partial charge in [0.2, 0.25) is 0 Å². The molecule has 24 heavy (non-hydrogen) atoms. The van der Waals surface area contributed by atoms with Crippen molar-refractivity contribution in [1.82, 2.24) is 5.43 Å². The van der Waals surface area contributed by atoms with Crippen molar-refractivity contribution in [3.8, 4) is 17.2 Å². The van der Waals surface area contributed by atoms with E-state index in [9.17, 15) is 9.90 Å². The van der Waals surface area contributed by atoms with E-state index in [0.717, 1.165) is 0 Å². The van der Waals surface area contributed by atoms with Gasteiger partial charge in [-0.25, -0.2) is 5.43 Å². The Morgan fingerprint density at radius 3 is 2.71 bits per heavy atom. The van der Waals surface area contributed by atoms with Crippen LogP contribution in [0.3, 0.4) is 0 Å². The maximum absolute atomic E-state index is 11.7. The highest BCUT2D eigenvalue weighted by Crippen LogP contribution is 2.26. The Morgan fingerprint density at radius 2 is 2.00 bits per heavy atom. The van der Waals surface area contributed by atoms with Crippen molar-refractivity contribution >= 4 is 23.7 Å². The van der Waals surface area contributed by atoms with Gasteiger partial charge < -0.3 is 14.6 Å². The largest absolute Gasteiger partial charge is 0.504 e. The van der Waals surface area contributed by atoms with Gasteiger partial charge in [0, 0.05) is 5.02 Å². The Balaban J connectivity index is 1.83. The molecule has 0 aliphatic heterocycles. The monoisotopic (exact) mass is 348 g/mol. The molecule has 126 valence electrons. The van der Waals surface area contributed by atoms with E-state index in [1.165, 1.54) is 12.3 Å². The van der Waals surface area contributed by atoms with E-state index in [2.05, 4.69) is 10.5 Å². The van der Waals surface area contributed by atoms with Crippen LogP contribution in [0, 0.1) is 0 Å². The molecule has 2 rings (SSSR count). The molecule has 0 fully saturated rings. The van der Waals surface area contributed by atoms with E-state index in [-0.39, 0.29) is 12.4 Å². The van der Waals surface area contributed by atoms with Gasteiger partial charge in [0.15, 0.2) is 18.1 Å². The number of halogens is 1. The molecule has 2 N–H and O–H groups in total. The number of nitrogens with zero attached hydrogens (tertiary/aromatic N) is 1. The van der Waals surface area contributed by atoms with Crippen LogP contribution in [0.1, 0.15) is 12.5 Å². The van der Waals surface area contributed by atoms with E-state index in [1.54, 1.807) is 36.4 Å². The highest BCUT2D eigenvalue weighted by Gasteiger charge is 2.03. The average molecular weight is 349 g/mol. The Kier molecular flexibility index (Phi) is 6.45. The zero-order valence-corrected chi connectivity index (χ0v) is 13.8. The fourth-order valence-corrected chi connectivity index (χ4v) is 1.90. The second-order valence-corrected chi connectivity index (χ2v) is 5.13. The van der Waals surface area contributed by atoms with E-state index < -0.39 is 5.91 Å². The highest BCUT2D eigenvalue weighted by molar-refractivity contribution is 6.30. The molecular weight excluding hydrogens is 332 g/mol. The Bertz CT molecular complexity index is 717. The number of amides is 1. The topological polar surface area (TPSA) is 80.2 Å². The van der Waals surface area contributed by atoms with Crippen molar-refractivity contribution in [2.24, 2.45) is 5.10 Å². The quantitative estimate of drug-likeness (QED) is 0.595. The summed E-state index contributed by atoms with van der Waals surface area (Å²) in [6.07, 6.45) is 1.45. The highest BCUT2D eigenvalue weighted by atomic mass is 35.5. The predicted octanol–water partition coefficient (Wildman–Crippen LogP) is 2.97. The first kappa shape index (κ1) is 17.6. The van der Waals surface area contributed by atoms with Crippen molar-refractivity contribution in [2.45, 2.75) is 6.92 Å². The number of hydrogen-bond donors (Lipinski definition) is 2. The molecule has 0 heterocycles. The fraction of sp³-hybridized carbons (Fsp3) is 0.176. The van der Waals surface area contributed by atoms with Crippen molar-refractivity contribution in [2.75, 3.05) is 13.2 Å². The van der Waals surface area contributed by atoms with E-state index >= 15 is 0 Å². The molecule has 0 atom stereocenters. The van der Waals surface area contributed by atoms with Crippen LogP contribution in [0.2, 0.25) is 5.02 Å². The third kappa shape index (κ3) is 5.48. The minimum absolute atomic E-state index is 0.0504. The van der Waals surface area contributed by atoms with Crippen LogP contribution in [-0.4, -0.2) is 30.4 Å². The van der Waals surface area contributed by atoms with Gasteiger partial charge in [-0.15, -0.1) is 0 Å². The summed E-state index contributed by atoms with van der Waals surface area (Å²) < 4.78 is 10.6. The molecule has 0 unspecified atom stereocenters. The Hall–Kier alpha value is -2.73. The smallest absolute Gasteiger partial charge is 0.277 e. The predicted molar refractivity (Wildman–Crippen MR) is 92.0 cm³/mol. The third-order valence-corrected chi connectivity index (χ3v) is 3.12. The van der Waals surface area contributed by atoms with Crippen molar-refractivity contribution in [3.63, 3.8) is 0 Å². The maximum Gasteiger partial charge on any atom is 0.277 e. The number of carbonyl (C=O) groups is 1. The van der Waals surface area contributed by atoms with Crippen LogP contribution in [0.4, 0.5) is 0 Å². The third-order valence-electron chi connectivity index (χ3n) is 2.87. The summed E-state index contributed by atoms with van der Waals surface area (Å²) in [5.74, 6) is 0.552. The van der Waals surface area contributed by atoms with Crippen molar-refractivity contribution in [1.29, 1.82) is 0 Å². The van der Waals surface area contributed by atoms with Gasteiger partial charge >= 0.3 is 0 Å². The number of carbonyl (C=O) groups excluding carboxylic acids is 1. The summed E-state index contributed by atoms with van der Waals surface area (Å²) in [6, 6.07) is 11.5. The first-order valence-electron chi connectivity index (χ1n) is 7.24. The van der Waals surface area contributed by atoms with Crippen LogP contribution in [0.5, 0.6) is 17.2 Å². The number of phenols is 1. The molecule has 0 bridgehead atoms. The number of aromatic hydroxyl groups is 1. The number of phenolic OH excluding ortho intramolecular Hbond substituents is 1. The van der Waals surface area contributed by atoms with Crippen LogP contribution >= 0.6 is 11.6 Å². The first-order chi connectivity index (χ1) is 11.6. The molecule has 0 aromatic heterocycles. The summed E-state index contributed by atoms with van der Waals surface area (Å²) in [5, 5.41) is 14.0. The minimum atomic E-state index is -0.398. The van der Waals surface area contributed by atoms with E-state index in [4.69, 9.17) is 21.1 Å². The second-order valence-electron chi connectivity index (χ2n) is 4.70. The van der Waals surface area contributed by atoms with E-state index in [1.807, 2.05) is 6.92 Å². The number of hydrazone groups is 1. The number of ether oxygens (including phenoxy) is 2. The average Bonchev–Trinajstić information content (AvgIpc) is 2.57. The van der Waals surface area contributed by atoms with Crippen LogP contribution in [0.25, 0.3) is 0 Å². The molecule has 1 amide bonds. The lowest BCUT2D eigenvalue weighted by Crippen LogP contribution is -2.24. The number of nitrogens with one attached hydrogen (secondary N) is 1. The van der Waals surface area contributed by atoms with Gasteiger partial charge in [0.05, 0.1) is 12.8 Å². The lowest BCUT2D eigenvalue weighted by molar-refractivity contribution is -0.123. The van der Waals surface area contributed by atoms with Crippen molar-refractivity contribution < 1.29 is 19.4 Å². The molecule has 0 spiro atoms. The maximum atomic E-state index is 11.7. The molecule has 0 saturated carbocycles. The molecule has 2 aromatic carbocycles. The lowest BCUT2D eigenvalue weighted by Gasteiger charge is -2.06. The molecule has 0 saturated heterocycles. The Labute approximate surface area is 144 Å². The molecular formula is C17H17ClN2O4. The number of hydrogen-bond acceptors (Lipinski definition) is 5. The minimum Gasteiger partial charge on any atom is -0.504 e. The molecule has 2 aromatic rings. The molecule has 0 aliphatic rings. The molecule has 0 radical (unpaired) electrons. The second kappa shape index (κ2) is 8.79. The standard InChI is InChI=1S/C17H17ClN2O4/c1-2-23-16-9-12(3-8-15(16)21)10-19-20-17(22)11-24-14-6-4-13(18)5-7-14/h3-10,21H,2,11H2,1H3,(H,20,22).